The predicted octanol–water partition coefficient (Wildman–Crippen LogP) is 2.81. The second kappa shape index (κ2) is 5.97. The highest BCUT2D eigenvalue weighted by Gasteiger charge is 2.12. The maximum absolute atomic E-state index is 12.3. The lowest BCUT2D eigenvalue weighted by Crippen LogP contribution is -2.09. The molecule has 0 bridgehead atoms. The van der Waals surface area contributed by atoms with Crippen molar-refractivity contribution in [2.24, 2.45) is 0 Å². The van der Waals surface area contributed by atoms with E-state index in [4.69, 9.17) is 9.15 Å². The zero-order chi connectivity index (χ0) is 15.5. The second-order valence-corrected chi connectivity index (χ2v) is 4.97. The highest BCUT2D eigenvalue weighted by atomic mass is 16.5. The number of anilines is 2. The topological polar surface area (TPSA) is 51.5 Å². The van der Waals surface area contributed by atoms with Gasteiger partial charge in [0, 0.05) is 17.1 Å². The standard InChI is InChI=1S/C17H16BNO3/c1-11-14-8-7-13(21-10-18)9-15(14)22-17(20)16(11)19-12-5-3-2-4-6-12/h2-9,19H,10,18H2,1H3. The van der Waals surface area contributed by atoms with Gasteiger partial charge in [0.2, 0.25) is 0 Å². The summed E-state index contributed by atoms with van der Waals surface area (Å²) in [6.07, 6.45) is 0. The number of hydrogen-bond acceptors (Lipinski definition) is 4. The fourth-order valence-corrected chi connectivity index (χ4v) is 2.40. The quantitative estimate of drug-likeness (QED) is 0.593. The molecule has 0 aliphatic carbocycles. The number of hydrogen-bond donors (Lipinski definition) is 1. The number of rotatable bonds is 4. The number of aryl methyl sites for hydroxylation is 1. The molecule has 0 radical (unpaired) electrons. The molecule has 0 amide bonds. The molecule has 22 heavy (non-hydrogen) atoms. The monoisotopic (exact) mass is 293 g/mol. The molecule has 5 heteroatoms. The summed E-state index contributed by atoms with van der Waals surface area (Å²) in [6.45, 7) is 2.48. The maximum atomic E-state index is 12.3. The molecule has 0 aliphatic rings. The van der Waals surface area contributed by atoms with E-state index in [1.54, 1.807) is 6.07 Å². The largest absolute Gasteiger partial charge is 0.503 e. The van der Waals surface area contributed by atoms with Gasteiger partial charge in [0.25, 0.3) is 0 Å². The summed E-state index contributed by atoms with van der Waals surface area (Å²) in [5, 5.41) is 4.03. The number of fused-ring (bicyclic) bond motifs is 1. The normalized spacial score (nSPS) is 10.6. The summed E-state index contributed by atoms with van der Waals surface area (Å²) in [7, 11) is 1.92. The molecule has 110 valence electrons. The molecule has 0 atom stereocenters. The Morgan fingerprint density at radius 1 is 1.18 bits per heavy atom. The van der Waals surface area contributed by atoms with E-state index in [0.29, 0.717) is 23.5 Å². The third-order valence-corrected chi connectivity index (χ3v) is 3.49. The van der Waals surface area contributed by atoms with Crippen molar-refractivity contribution in [1.82, 2.24) is 0 Å². The van der Waals surface area contributed by atoms with E-state index in [2.05, 4.69) is 5.32 Å². The van der Waals surface area contributed by atoms with Gasteiger partial charge in [0.15, 0.2) is 7.85 Å². The van der Waals surface area contributed by atoms with Crippen LogP contribution in [-0.2, 0) is 0 Å². The Hall–Kier alpha value is -2.69. The van der Waals surface area contributed by atoms with Gasteiger partial charge in [-0.2, -0.15) is 0 Å². The van der Waals surface area contributed by atoms with Crippen LogP contribution < -0.4 is 15.7 Å². The molecule has 4 nitrogen and oxygen atoms in total. The van der Waals surface area contributed by atoms with Crippen LogP contribution in [-0.4, -0.2) is 14.4 Å². The van der Waals surface area contributed by atoms with Crippen molar-refractivity contribution in [2.75, 3.05) is 11.8 Å². The van der Waals surface area contributed by atoms with Crippen molar-refractivity contribution in [1.29, 1.82) is 0 Å². The molecular weight excluding hydrogens is 277 g/mol. The van der Waals surface area contributed by atoms with E-state index in [0.717, 1.165) is 16.6 Å². The van der Waals surface area contributed by atoms with Crippen LogP contribution in [0.2, 0.25) is 0 Å². The lowest BCUT2D eigenvalue weighted by atomic mass is 10.1. The average molecular weight is 293 g/mol. The first kappa shape index (κ1) is 14.3. The maximum Gasteiger partial charge on any atom is 0.360 e. The Bertz CT molecular complexity index is 859. The molecule has 0 unspecified atom stereocenters. The van der Waals surface area contributed by atoms with Gasteiger partial charge in [-0.15, -0.1) is 0 Å². The molecule has 0 saturated carbocycles. The zero-order valence-corrected chi connectivity index (χ0v) is 12.6. The van der Waals surface area contributed by atoms with Gasteiger partial charge in [0.05, 0.1) is 6.51 Å². The van der Waals surface area contributed by atoms with Gasteiger partial charge in [-0.05, 0) is 36.8 Å². The van der Waals surface area contributed by atoms with Crippen LogP contribution in [0, 0.1) is 6.92 Å². The van der Waals surface area contributed by atoms with Gasteiger partial charge in [0.1, 0.15) is 17.0 Å². The second-order valence-electron chi connectivity index (χ2n) is 4.97. The Morgan fingerprint density at radius 3 is 2.68 bits per heavy atom. The van der Waals surface area contributed by atoms with Gasteiger partial charge in [-0.1, -0.05) is 18.2 Å². The Morgan fingerprint density at radius 2 is 1.95 bits per heavy atom. The Kier molecular flexibility index (Phi) is 3.87. The molecule has 0 fully saturated rings. The predicted molar refractivity (Wildman–Crippen MR) is 91.0 cm³/mol. The summed E-state index contributed by atoms with van der Waals surface area (Å²) in [6, 6.07) is 15.1. The summed E-state index contributed by atoms with van der Waals surface area (Å²) in [5.74, 6) is 0.696. The van der Waals surface area contributed by atoms with Crippen LogP contribution in [0.4, 0.5) is 11.4 Å². The smallest absolute Gasteiger partial charge is 0.360 e. The number of nitrogens with one attached hydrogen (secondary N) is 1. The summed E-state index contributed by atoms with van der Waals surface area (Å²) >= 11 is 0. The van der Waals surface area contributed by atoms with Crippen molar-refractivity contribution in [3.05, 3.63) is 64.5 Å². The van der Waals surface area contributed by atoms with E-state index in [1.165, 1.54) is 0 Å². The van der Waals surface area contributed by atoms with E-state index in [9.17, 15) is 4.79 Å². The van der Waals surface area contributed by atoms with E-state index in [1.807, 2.05) is 57.2 Å². The number of ether oxygens (including phenoxy) is 1. The Balaban J connectivity index is 2.08. The summed E-state index contributed by atoms with van der Waals surface area (Å²) in [5.41, 5.74) is 2.32. The number of para-hydroxylation sites is 1. The fourth-order valence-electron chi connectivity index (χ4n) is 2.40. The molecule has 0 saturated heterocycles. The molecular formula is C17H16BNO3. The average Bonchev–Trinajstić information content (AvgIpc) is 2.52. The van der Waals surface area contributed by atoms with Gasteiger partial charge in [-0.3, -0.25) is 0 Å². The van der Waals surface area contributed by atoms with Crippen molar-refractivity contribution < 1.29 is 9.15 Å². The molecule has 3 aromatic rings. The van der Waals surface area contributed by atoms with Crippen molar-refractivity contribution in [3.63, 3.8) is 0 Å². The molecule has 0 spiro atoms. The first-order valence-corrected chi connectivity index (χ1v) is 7.21. The minimum absolute atomic E-state index is 0.387. The van der Waals surface area contributed by atoms with E-state index in [-0.39, 0.29) is 5.63 Å². The Labute approximate surface area is 129 Å². The van der Waals surface area contributed by atoms with Crippen molar-refractivity contribution >= 4 is 30.2 Å². The van der Waals surface area contributed by atoms with Crippen LogP contribution in [0.5, 0.6) is 5.75 Å². The van der Waals surface area contributed by atoms with Crippen LogP contribution in [0.1, 0.15) is 5.56 Å². The lowest BCUT2D eigenvalue weighted by Gasteiger charge is -2.11. The van der Waals surface area contributed by atoms with Crippen molar-refractivity contribution in [2.45, 2.75) is 6.92 Å². The van der Waals surface area contributed by atoms with Gasteiger partial charge in [-0.25, -0.2) is 4.79 Å². The third-order valence-electron chi connectivity index (χ3n) is 3.49. The van der Waals surface area contributed by atoms with Crippen LogP contribution >= 0.6 is 0 Å². The van der Waals surface area contributed by atoms with Crippen LogP contribution in [0.15, 0.2) is 57.7 Å². The van der Waals surface area contributed by atoms with Crippen LogP contribution in [0.25, 0.3) is 11.0 Å². The van der Waals surface area contributed by atoms with Gasteiger partial charge < -0.3 is 14.5 Å². The van der Waals surface area contributed by atoms with E-state index >= 15 is 0 Å². The highest BCUT2D eigenvalue weighted by Crippen LogP contribution is 2.27. The first-order chi connectivity index (χ1) is 10.7. The molecule has 2 aromatic carbocycles. The number of benzene rings is 2. The zero-order valence-electron chi connectivity index (χ0n) is 12.6. The molecule has 3 rings (SSSR count). The van der Waals surface area contributed by atoms with Crippen molar-refractivity contribution in [3.8, 4) is 5.75 Å². The lowest BCUT2D eigenvalue weighted by molar-refractivity contribution is 0.387. The fraction of sp³-hybridized carbons (Fsp3) is 0.118. The first-order valence-electron chi connectivity index (χ1n) is 7.21. The minimum atomic E-state index is -0.387. The molecule has 1 heterocycles. The minimum Gasteiger partial charge on any atom is -0.503 e. The van der Waals surface area contributed by atoms with Gasteiger partial charge >= 0.3 is 5.63 Å². The van der Waals surface area contributed by atoms with Crippen LogP contribution in [0.3, 0.4) is 0 Å². The third kappa shape index (κ3) is 2.70. The van der Waals surface area contributed by atoms with E-state index < -0.39 is 0 Å². The highest BCUT2D eigenvalue weighted by molar-refractivity contribution is 6.08. The summed E-state index contributed by atoms with van der Waals surface area (Å²) in [4.78, 5) is 12.3. The molecule has 0 aliphatic heterocycles. The SMILES string of the molecule is BCOc1ccc2c(C)c(Nc3ccccc3)c(=O)oc2c1. The summed E-state index contributed by atoms with van der Waals surface area (Å²) < 4.78 is 10.9. The molecule has 1 N–H and O–H groups in total. The molecule has 1 aromatic heterocycles.